The van der Waals surface area contributed by atoms with Crippen molar-refractivity contribution in [2.75, 3.05) is 13.2 Å². The predicted molar refractivity (Wildman–Crippen MR) is 261 cm³/mol. The van der Waals surface area contributed by atoms with E-state index in [0.29, 0.717) is 19.3 Å². The van der Waals surface area contributed by atoms with Gasteiger partial charge >= 0.3 is 17.9 Å². The minimum atomic E-state index is -0.805. The van der Waals surface area contributed by atoms with Gasteiger partial charge in [-0.25, -0.2) is 0 Å². The molecule has 0 aromatic heterocycles. The van der Waals surface area contributed by atoms with Crippen molar-refractivity contribution in [2.24, 2.45) is 0 Å². The van der Waals surface area contributed by atoms with E-state index in [1.165, 1.54) is 116 Å². The minimum absolute atomic E-state index is 0.101. The fourth-order valence-electron chi connectivity index (χ4n) is 6.82. The lowest BCUT2D eigenvalue weighted by Crippen LogP contribution is -2.30. The van der Waals surface area contributed by atoms with E-state index < -0.39 is 6.10 Å². The number of unbranched alkanes of at least 4 members (excludes halogenated alkanes) is 22. The molecule has 0 saturated carbocycles. The first-order valence-corrected chi connectivity index (χ1v) is 25.4. The molecular weight excluding hydrogens is 757 g/mol. The van der Waals surface area contributed by atoms with Gasteiger partial charge in [0.15, 0.2) is 6.10 Å². The summed E-state index contributed by atoms with van der Waals surface area (Å²) in [5.74, 6) is -0.995. The van der Waals surface area contributed by atoms with Crippen LogP contribution in [-0.4, -0.2) is 37.2 Å². The molecule has 61 heavy (non-hydrogen) atoms. The third-order valence-corrected chi connectivity index (χ3v) is 10.7. The molecule has 0 aliphatic carbocycles. The second-order valence-corrected chi connectivity index (χ2v) is 16.7. The summed E-state index contributed by atoms with van der Waals surface area (Å²) in [4.78, 5) is 37.9. The molecule has 0 heterocycles. The maximum Gasteiger partial charge on any atom is 0.306 e. The summed E-state index contributed by atoms with van der Waals surface area (Å²) in [6, 6.07) is 0. The zero-order valence-corrected chi connectivity index (χ0v) is 39.9. The van der Waals surface area contributed by atoms with E-state index in [1.807, 2.05) is 6.08 Å². The molecule has 0 unspecified atom stereocenters. The van der Waals surface area contributed by atoms with E-state index >= 15 is 0 Å². The normalized spacial score (nSPS) is 12.6. The molecule has 1 atom stereocenters. The van der Waals surface area contributed by atoms with Crippen LogP contribution in [0.1, 0.15) is 239 Å². The number of allylic oxidation sites excluding steroid dienone is 12. The molecule has 0 aromatic rings. The monoisotopic (exact) mass is 851 g/mol. The van der Waals surface area contributed by atoms with E-state index in [0.717, 1.165) is 77.0 Å². The zero-order chi connectivity index (χ0) is 44.4. The highest BCUT2D eigenvalue weighted by Crippen LogP contribution is 2.14. The molecule has 0 spiro atoms. The van der Waals surface area contributed by atoms with Crippen molar-refractivity contribution < 1.29 is 28.6 Å². The van der Waals surface area contributed by atoms with Crippen LogP contribution in [0.5, 0.6) is 0 Å². The Morgan fingerprint density at radius 2 is 0.639 bits per heavy atom. The number of hydrogen-bond donors (Lipinski definition) is 0. The highest BCUT2D eigenvalue weighted by atomic mass is 16.6. The SMILES string of the molecule is CCCC/C=C\CCCCCCCC(=O)OC[C@@H](COC(=O)CC/C=C\C/C=C\C/C=C\C/C=C\C/C=C\CCCCC)OC(=O)CCCCCCCCCCCCCCC. The molecule has 6 nitrogen and oxygen atoms in total. The highest BCUT2D eigenvalue weighted by Gasteiger charge is 2.19. The first-order chi connectivity index (χ1) is 30.0. The molecule has 0 saturated heterocycles. The van der Waals surface area contributed by atoms with Crippen molar-refractivity contribution in [1.29, 1.82) is 0 Å². The van der Waals surface area contributed by atoms with E-state index in [9.17, 15) is 14.4 Å². The fraction of sp³-hybridized carbons (Fsp3) is 0.727. The van der Waals surface area contributed by atoms with Crippen LogP contribution in [0.4, 0.5) is 0 Å². The van der Waals surface area contributed by atoms with Crippen molar-refractivity contribution in [3.05, 3.63) is 72.9 Å². The number of ether oxygens (including phenoxy) is 3. The quantitative estimate of drug-likeness (QED) is 0.0263. The van der Waals surface area contributed by atoms with Gasteiger partial charge in [0.1, 0.15) is 13.2 Å². The average Bonchev–Trinajstić information content (AvgIpc) is 3.26. The van der Waals surface area contributed by atoms with Gasteiger partial charge in [0, 0.05) is 19.3 Å². The largest absolute Gasteiger partial charge is 0.462 e. The lowest BCUT2D eigenvalue weighted by atomic mass is 10.0. The van der Waals surface area contributed by atoms with Crippen LogP contribution >= 0.6 is 0 Å². The Kier molecular flexibility index (Phi) is 46.9. The van der Waals surface area contributed by atoms with Gasteiger partial charge in [0.25, 0.3) is 0 Å². The molecule has 0 radical (unpaired) electrons. The molecule has 0 amide bonds. The third kappa shape index (κ3) is 47.7. The minimum Gasteiger partial charge on any atom is -0.462 e. The van der Waals surface area contributed by atoms with Gasteiger partial charge in [0.05, 0.1) is 0 Å². The number of hydrogen-bond acceptors (Lipinski definition) is 6. The molecule has 0 aromatic carbocycles. The van der Waals surface area contributed by atoms with Crippen LogP contribution in [-0.2, 0) is 28.6 Å². The number of esters is 3. The van der Waals surface area contributed by atoms with Gasteiger partial charge in [-0.3, -0.25) is 14.4 Å². The first kappa shape index (κ1) is 57.9. The maximum absolute atomic E-state index is 12.8. The van der Waals surface area contributed by atoms with Crippen LogP contribution in [0.2, 0.25) is 0 Å². The Bertz CT molecular complexity index is 1160. The maximum atomic E-state index is 12.8. The lowest BCUT2D eigenvalue weighted by Gasteiger charge is -2.18. The van der Waals surface area contributed by atoms with Crippen molar-refractivity contribution in [1.82, 2.24) is 0 Å². The van der Waals surface area contributed by atoms with Crippen LogP contribution in [0.3, 0.4) is 0 Å². The van der Waals surface area contributed by atoms with Gasteiger partial charge in [0.2, 0.25) is 0 Å². The topological polar surface area (TPSA) is 78.9 Å². The Labute approximate surface area is 376 Å². The number of rotatable bonds is 45. The third-order valence-electron chi connectivity index (χ3n) is 10.7. The van der Waals surface area contributed by atoms with Gasteiger partial charge in [-0.1, -0.05) is 216 Å². The summed E-state index contributed by atoms with van der Waals surface area (Å²) in [5, 5.41) is 0. The highest BCUT2D eigenvalue weighted by molar-refractivity contribution is 5.71. The first-order valence-electron chi connectivity index (χ1n) is 25.4. The second kappa shape index (κ2) is 49.5. The van der Waals surface area contributed by atoms with Gasteiger partial charge < -0.3 is 14.2 Å². The van der Waals surface area contributed by atoms with Crippen molar-refractivity contribution in [3.8, 4) is 0 Å². The molecule has 0 aliphatic rings. The molecular formula is C55H94O6. The standard InChI is InChI=1S/C55H94O6/c1-4-7-10-13-16-19-22-24-25-26-27-28-29-31-33-36-39-42-45-48-54(57)60-51-52(50-59-53(56)47-44-41-38-35-32-21-18-15-12-9-6-3)61-55(58)49-46-43-40-37-34-30-23-20-17-14-11-8-5-2/h15-16,18-19,24-25,27-28,31,33,39,42,52H,4-14,17,20-23,26,29-30,32,34-38,40-41,43-51H2,1-3H3/b18-15-,19-16-,25-24-,28-27-,33-31-,42-39-/t52-/m0/s1. The smallest absolute Gasteiger partial charge is 0.306 e. The molecule has 0 N–H and O–H groups in total. The summed E-state index contributed by atoms with van der Waals surface area (Å²) < 4.78 is 16.7. The van der Waals surface area contributed by atoms with Crippen LogP contribution in [0.25, 0.3) is 0 Å². The Hall–Kier alpha value is -3.15. The Morgan fingerprint density at radius 3 is 1.11 bits per heavy atom. The van der Waals surface area contributed by atoms with Crippen LogP contribution in [0.15, 0.2) is 72.9 Å². The van der Waals surface area contributed by atoms with Gasteiger partial charge in [-0.15, -0.1) is 0 Å². The zero-order valence-electron chi connectivity index (χ0n) is 39.9. The molecule has 0 bridgehead atoms. The number of carbonyl (C=O) groups is 3. The fourth-order valence-corrected chi connectivity index (χ4v) is 6.82. The van der Waals surface area contributed by atoms with E-state index in [4.69, 9.17) is 14.2 Å². The Morgan fingerprint density at radius 1 is 0.328 bits per heavy atom. The molecule has 0 fully saturated rings. The van der Waals surface area contributed by atoms with Crippen molar-refractivity contribution in [2.45, 2.75) is 245 Å². The lowest BCUT2D eigenvalue weighted by molar-refractivity contribution is -0.166. The average molecular weight is 851 g/mol. The molecule has 350 valence electrons. The molecule has 6 heteroatoms. The predicted octanol–water partition coefficient (Wildman–Crippen LogP) is 16.6. The summed E-state index contributed by atoms with van der Waals surface area (Å²) >= 11 is 0. The van der Waals surface area contributed by atoms with Gasteiger partial charge in [-0.05, 0) is 77.0 Å². The van der Waals surface area contributed by atoms with Crippen molar-refractivity contribution >= 4 is 17.9 Å². The summed E-state index contributed by atoms with van der Waals surface area (Å²) in [6.45, 7) is 6.49. The summed E-state index contributed by atoms with van der Waals surface area (Å²) in [5.41, 5.74) is 0. The summed E-state index contributed by atoms with van der Waals surface area (Å²) in [6.07, 6.45) is 61.8. The van der Waals surface area contributed by atoms with Gasteiger partial charge in [-0.2, -0.15) is 0 Å². The van der Waals surface area contributed by atoms with E-state index in [-0.39, 0.29) is 37.5 Å². The number of carbonyl (C=O) groups excluding carboxylic acids is 3. The van der Waals surface area contributed by atoms with Crippen molar-refractivity contribution in [3.63, 3.8) is 0 Å². The van der Waals surface area contributed by atoms with E-state index in [1.54, 1.807) is 0 Å². The molecule has 0 rings (SSSR count). The molecule has 0 aliphatic heterocycles. The Balaban J connectivity index is 4.47. The van der Waals surface area contributed by atoms with Crippen LogP contribution in [0, 0.1) is 0 Å². The second-order valence-electron chi connectivity index (χ2n) is 16.7. The van der Waals surface area contributed by atoms with E-state index in [2.05, 4.69) is 87.6 Å². The summed E-state index contributed by atoms with van der Waals surface area (Å²) in [7, 11) is 0. The van der Waals surface area contributed by atoms with Crippen LogP contribution < -0.4 is 0 Å².